The molecule has 0 bridgehead atoms. The minimum atomic E-state index is -0.292. The number of fused-ring (bicyclic) bond motifs is 1. The maximum absolute atomic E-state index is 13.3. The molecule has 28 heavy (non-hydrogen) atoms. The second-order valence-electron chi connectivity index (χ2n) is 6.63. The van der Waals surface area contributed by atoms with Crippen LogP contribution in [0.4, 0.5) is 4.39 Å². The van der Waals surface area contributed by atoms with E-state index in [1.807, 2.05) is 44.2 Å². The summed E-state index contributed by atoms with van der Waals surface area (Å²) in [6.07, 6.45) is 1.57. The topological polar surface area (TPSA) is 59.3 Å². The molecule has 1 amide bonds. The van der Waals surface area contributed by atoms with Gasteiger partial charge in [0.05, 0.1) is 17.0 Å². The standard InChI is InChI=1S/C22H19FN4O/c1-14-20(17-8-10-18(23)11-9-17)21-24-13-19(15(2)27(21)26-14)22(28)25-12-16-6-4-3-5-7-16/h3-11,13H,12H2,1-2H3,(H,25,28). The molecule has 0 saturated carbocycles. The van der Waals surface area contributed by atoms with Crippen LogP contribution in [0.5, 0.6) is 0 Å². The van der Waals surface area contributed by atoms with Crippen molar-refractivity contribution in [3.8, 4) is 11.1 Å². The van der Waals surface area contributed by atoms with Gasteiger partial charge in [0.25, 0.3) is 5.91 Å². The number of amides is 1. The second-order valence-corrected chi connectivity index (χ2v) is 6.63. The summed E-state index contributed by atoms with van der Waals surface area (Å²) in [7, 11) is 0. The summed E-state index contributed by atoms with van der Waals surface area (Å²) in [6, 6.07) is 16.0. The van der Waals surface area contributed by atoms with E-state index in [0.29, 0.717) is 23.4 Å². The maximum Gasteiger partial charge on any atom is 0.254 e. The number of aromatic nitrogens is 3. The zero-order chi connectivity index (χ0) is 19.7. The molecule has 0 radical (unpaired) electrons. The maximum atomic E-state index is 13.3. The molecule has 6 heteroatoms. The molecule has 0 unspecified atom stereocenters. The van der Waals surface area contributed by atoms with E-state index in [1.54, 1.807) is 22.8 Å². The molecule has 2 aromatic heterocycles. The van der Waals surface area contributed by atoms with Crippen LogP contribution in [0.2, 0.25) is 0 Å². The lowest BCUT2D eigenvalue weighted by Gasteiger charge is -2.09. The Morgan fingerprint density at radius 2 is 1.79 bits per heavy atom. The lowest BCUT2D eigenvalue weighted by molar-refractivity contribution is 0.0949. The third-order valence-electron chi connectivity index (χ3n) is 4.73. The number of halogens is 1. The van der Waals surface area contributed by atoms with Crippen molar-refractivity contribution in [2.24, 2.45) is 0 Å². The average molecular weight is 374 g/mol. The van der Waals surface area contributed by atoms with Gasteiger partial charge >= 0.3 is 0 Å². The van der Waals surface area contributed by atoms with Gasteiger partial charge in [0.15, 0.2) is 5.65 Å². The Hall–Kier alpha value is -3.54. The summed E-state index contributed by atoms with van der Waals surface area (Å²) in [5, 5.41) is 7.47. The van der Waals surface area contributed by atoms with E-state index in [0.717, 1.165) is 22.4 Å². The Balaban J connectivity index is 1.67. The zero-order valence-electron chi connectivity index (χ0n) is 15.6. The van der Waals surface area contributed by atoms with E-state index < -0.39 is 0 Å². The first-order valence-corrected chi connectivity index (χ1v) is 8.97. The molecule has 0 atom stereocenters. The van der Waals surface area contributed by atoms with Crippen LogP contribution in [0.1, 0.15) is 27.3 Å². The zero-order valence-corrected chi connectivity index (χ0v) is 15.6. The van der Waals surface area contributed by atoms with Gasteiger partial charge in [0.1, 0.15) is 5.82 Å². The van der Waals surface area contributed by atoms with Gasteiger partial charge in [0.2, 0.25) is 0 Å². The Morgan fingerprint density at radius 1 is 1.07 bits per heavy atom. The quantitative estimate of drug-likeness (QED) is 0.585. The summed E-state index contributed by atoms with van der Waals surface area (Å²) in [6.45, 7) is 4.16. The molecule has 0 aliphatic heterocycles. The van der Waals surface area contributed by atoms with Gasteiger partial charge in [-0.2, -0.15) is 5.10 Å². The minimum absolute atomic E-state index is 0.202. The van der Waals surface area contributed by atoms with Gasteiger partial charge < -0.3 is 5.32 Å². The van der Waals surface area contributed by atoms with E-state index in [-0.39, 0.29) is 11.7 Å². The lowest BCUT2D eigenvalue weighted by atomic mass is 10.1. The smallest absolute Gasteiger partial charge is 0.254 e. The first-order valence-electron chi connectivity index (χ1n) is 8.97. The van der Waals surface area contributed by atoms with Crippen molar-refractivity contribution in [2.75, 3.05) is 0 Å². The highest BCUT2D eigenvalue weighted by Gasteiger charge is 2.18. The monoisotopic (exact) mass is 374 g/mol. The molecule has 1 N–H and O–H groups in total. The molecule has 140 valence electrons. The minimum Gasteiger partial charge on any atom is -0.348 e. The summed E-state index contributed by atoms with van der Waals surface area (Å²) >= 11 is 0. The molecule has 4 rings (SSSR count). The van der Waals surface area contributed by atoms with Crippen molar-refractivity contribution in [2.45, 2.75) is 20.4 Å². The van der Waals surface area contributed by atoms with Gasteiger partial charge in [-0.1, -0.05) is 42.5 Å². The highest BCUT2D eigenvalue weighted by molar-refractivity contribution is 5.95. The number of carbonyl (C=O) groups excluding carboxylic acids is 1. The third kappa shape index (κ3) is 3.24. The van der Waals surface area contributed by atoms with Crippen molar-refractivity contribution >= 4 is 11.6 Å². The number of hydrogen-bond acceptors (Lipinski definition) is 3. The summed E-state index contributed by atoms with van der Waals surface area (Å²) in [5.41, 5.74) is 5.27. The normalized spacial score (nSPS) is 11.0. The number of nitrogens with one attached hydrogen (secondary N) is 1. The van der Waals surface area contributed by atoms with E-state index in [4.69, 9.17) is 0 Å². The van der Waals surface area contributed by atoms with Crippen LogP contribution in [0.3, 0.4) is 0 Å². The predicted octanol–water partition coefficient (Wildman–Crippen LogP) is 4.08. The third-order valence-corrected chi connectivity index (χ3v) is 4.73. The Kier molecular flexibility index (Phi) is 4.61. The van der Waals surface area contributed by atoms with Crippen LogP contribution < -0.4 is 5.32 Å². The first-order chi connectivity index (χ1) is 13.5. The van der Waals surface area contributed by atoms with Crippen molar-refractivity contribution in [1.82, 2.24) is 19.9 Å². The predicted molar refractivity (Wildman–Crippen MR) is 105 cm³/mol. The fourth-order valence-electron chi connectivity index (χ4n) is 3.25. The van der Waals surface area contributed by atoms with Crippen molar-refractivity contribution in [1.29, 1.82) is 0 Å². The Bertz CT molecular complexity index is 1150. The first kappa shape index (κ1) is 17.9. The van der Waals surface area contributed by atoms with Crippen molar-refractivity contribution in [3.63, 3.8) is 0 Å². The summed E-state index contributed by atoms with van der Waals surface area (Å²) < 4.78 is 14.9. The van der Waals surface area contributed by atoms with Crippen LogP contribution in [0, 0.1) is 19.7 Å². The number of rotatable bonds is 4. The van der Waals surface area contributed by atoms with E-state index in [9.17, 15) is 9.18 Å². The van der Waals surface area contributed by atoms with E-state index >= 15 is 0 Å². The summed E-state index contributed by atoms with van der Waals surface area (Å²) in [4.78, 5) is 17.1. The number of aryl methyl sites for hydroxylation is 2. The van der Waals surface area contributed by atoms with Gasteiger partial charge in [0, 0.05) is 18.3 Å². The molecule has 5 nitrogen and oxygen atoms in total. The number of hydrogen-bond donors (Lipinski definition) is 1. The van der Waals surface area contributed by atoms with Crippen LogP contribution in [-0.2, 0) is 6.54 Å². The number of carbonyl (C=O) groups is 1. The summed E-state index contributed by atoms with van der Waals surface area (Å²) in [5.74, 6) is -0.494. The van der Waals surface area contributed by atoms with E-state index in [2.05, 4.69) is 15.4 Å². The van der Waals surface area contributed by atoms with Crippen LogP contribution in [-0.4, -0.2) is 20.5 Å². The lowest BCUT2D eigenvalue weighted by Crippen LogP contribution is -2.24. The molecule has 0 saturated heterocycles. The molecule has 0 fully saturated rings. The molecule has 0 aliphatic rings. The molecule has 0 spiro atoms. The Labute approximate surface area is 161 Å². The fraction of sp³-hybridized carbons (Fsp3) is 0.136. The number of benzene rings is 2. The fourth-order valence-corrected chi connectivity index (χ4v) is 3.25. The van der Waals surface area contributed by atoms with Crippen LogP contribution in [0.15, 0.2) is 60.8 Å². The largest absolute Gasteiger partial charge is 0.348 e. The second kappa shape index (κ2) is 7.23. The average Bonchev–Trinajstić information content (AvgIpc) is 3.05. The number of nitrogens with zero attached hydrogens (tertiary/aromatic N) is 3. The van der Waals surface area contributed by atoms with Crippen LogP contribution >= 0.6 is 0 Å². The van der Waals surface area contributed by atoms with Crippen molar-refractivity contribution < 1.29 is 9.18 Å². The highest BCUT2D eigenvalue weighted by Crippen LogP contribution is 2.28. The molecular weight excluding hydrogens is 355 g/mol. The van der Waals surface area contributed by atoms with Gasteiger partial charge in [-0.3, -0.25) is 4.79 Å². The molecular formula is C22H19FN4O. The highest BCUT2D eigenvalue weighted by atomic mass is 19.1. The molecule has 2 aromatic carbocycles. The van der Waals surface area contributed by atoms with E-state index in [1.165, 1.54) is 12.1 Å². The Morgan fingerprint density at radius 3 is 2.50 bits per heavy atom. The van der Waals surface area contributed by atoms with Gasteiger partial charge in [-0.05, 0) is 37.1 Å². The van der Waals surface area contributed by atoms with Gasteiger partial charge in [-0.15, -0.1) is 0 Å². The van der Waals surface area contributed by atoms with Gasteiger partial charge in [-0.25, -0.2) is 13.9 Å². The SMILES string of the molecule is Cc1nn2c(C)c(C(=O)NCc3ccccc3)cnc2c1-c1ccc(F)cc1. The van der Waals surface area contributed by atoms with Crippen LogP contribution in [0.25, 0.3) is 16.8 Å². The molecule has 0 aliphatic carbocycles. The molecule has 4 aromatic rings. The van der Waals surface area contributed by atoms with Crippen molar-refractivity contribution in [3.05, 3.63) is 89.1 Å². The molecule has 2 heterocycles.